The van der Waals surface area contributed by atoms with Crippen molar-refractivity contribution in [2.75, 3.05) is 5.32 Å². The smallest absolute Gasteiger partial charge is 0.246 e. The first-order valence-electron chi connectivity index (χ1n) is 10.8. The third-order valence-electron chi connectivity index (χ3n) is 5.26. The summed E-state index contributed by atoms with van der Waals surface area (Å²) in [5.74, 6) is -0.246. The van der Waals surface area contributed by atoms with E-state index in [0.717, 1.165) is 27.5 Å². The van der Waals surface area contributed by atoms with Crippen molar-refractivity contribution in [3.63, 3.8) is 0 Å². The number of aromatic nitrogens is 4. The van der Waals surface area contributed by atoms with Gasteiger partial charge in [-0.25, -0.2) is 4.98 Å². The molecule has 9 heteroatoms. The first-order chi connectivity index (χ1) is 16.6. The quantitative estimate of drug-likeness (QED) is 0.361. The zero-order chi connectivity index (χ0) is 23.3. The molecule has 0 saturated carbocycles. The Morgan fingerprint density at radius 1 is 1.00 bits per heavy atom. The van der Waals surface area contributed by atoms with E-state index in [-0.39, 0.29) is 24.8 Å². The third-order valence-corrected chi connectivity index (χ3v) is 6.15. The number of imidazole rings is 1. The minimum Gasteiger partial charge on any atom is -0.352 e. The highest BCUT2D eigenvalue weighted by Gasteiger charge is 2.13. The lowest BCUT2D eigenvalue weighted by molar-refractivity contribution is -0.120. The van der Waals surface area contributed by atoms with Gasteiger partial charge in [-0.15, -0.1) is 11.3 Å². The van der Waals surface area contributed by atoms with E-state index in [9.17, 15) is 9.59 Å². The van der Waals surface area contributed by atoms with Crippen molar-refractivity contribution in [3.8, 4) is 11.3 Å². The first kappa shape index (κ1) is 21.6. The van der Waals surface area contributed by atoms with Crippen LogP contribution in [0, 0.1) is 0 Å². The predicted molar refractivity (Wildman–Crippen MR) is 131 cm³/mol. The number of rotatable bonds is 8. The van der Waals surface area contributed by atoms with Crippen LogP contribution in [0.3, 0.4) is 0 Å². The van der Waals surface area contributed by atoms with Crippen molar-refractivity contribution < 1.29 is 9.59 Å². The summed E-state index contributed by atoms with van der Waals surface area (Å²) in [6, 6.07) is 19.2. The third kappa shape index (κ3) is 5.05. The molecule has 2 aromatic carbocycles. The van der Waals surface area contributed by atoms with Crippen molar-refractivity contribution >= 4 is 33.8 Å². The highest BCUT2D eigenvalue weighted by Crippen LogP contribution is 2.23. The maximum absolute atomic E-state index is 12.6. The molecular formula is C25H22N6O2S. The van der Waals surface area contributed by atoms with Crippen LogP contribution in [-0.2, 0) is 29.1 Å². The van der Waals surface area contributed by atoms with Crippen molar-refractivity contribution in [1.29, 1.82) is 0 Å². The van der Waals surface area contributed by atoms with E-state index < -0.39 is 0 Å². The Morgan fingerprint density at radius 2 is 1.88 bits per heavy atom. The maximum atomic E-state index is 12.6. The molecule has 2 amide bonds. The summed E-state index contributed by atoms with van der Waals surface area (Å²) in [6.45, 7) is 0.511. The van der Waals surface area contributed by atoms with Gasteiger partial charge in [0.2, 0.25) is 11.8 Å². The summed E-state index contributed by atoms with van der Waals surface area (Å²) in [7, 11) is 0. The van der Waals surface area contributed by atoms with Crippen LogP contribution in [0.2, 0.25) is 0 Å². The Morgan fingerprint density at radius 3 is 2.71 bits per heavy atom. The van der Waals surface area contributed by atoms with Crippen LogP contribution in [0.15, 0.2) is 84.6 Å². The van der Waals surface area contributed by atoms with Crippen molar-refractivity contribution in [3.05, 3.63) is 95.9 Å². The lowest BCUT2D eigenvalue weighted by Crippen LogP contribution is -2.25. The van der Waals surface area contributed by atoms with Crippen molar-refractivity contribution in [1.82, 2.24) is 24.5 Å². The van der Waals surface area contributed by atoms with Gasteiger partial charge in [0.25, 0.3) is 0 Å². The highest BCUT2D eigenvalue weighted by atomic mass is 32.1. The second-order valence-corrected chi connectivity index (χ2v) is 8.61. The van der Waals surface area contributed by atoms with E-state index in [1.54, 1.807) is 23.1 Å². The van der Waals surface area contributed by atoms with Gasteiger partial charge in [0.05, 0.1) is 12.1 Å². The lowest BCUT2D eigenvalue weighted by Gasteiger charge is -2.09. The van der Waals surface area contributed by atoms with Gasteiger partial charge in [-0.2, -0.15) is 5.10 Å². The van der Waals surface area contributed by atoms with Gasteiger partial charge in [-0.3, -0.25) is 18.7 Å². The Balaban J connectivity index is 1.18. The summed E-state index contributed by atoms with van der Waals surface area (Å²) >= 11 is 1.52. The summed E-state index contributed by atoms with van der Waals surface area (Å²) in [5.41, 5.74) is 4.41. The average Bonchev–Trinajstić information content (AvgIpc) is 3.58. The van der Waals surface area contributed by atoms with Gasteiger partial charge in [-0.1, -0.05) is 42.5 Å². The standard InChI is InChI=1S/C25H22N6O2S/c32-23(13-21-17-34-25-29-22(15-31(21)25)19-7-2-1-3-8-19)26-14-18-6-4-9-20(12-18)28-24(33)16-30-11-5-10-27-30/h1-12,15,17H,13-14,16H2,(H,26,32)(H,28,33). The minimum atomic E-state index is -0.165. The number of amides is 2. The first-order valence-corrected chi connectivity index (χ1v) is 11.7. The monoisotopic (exact) mass is 470 g/mol. The predicted octanol–water partition coefficient (Wildman–Crippen LogP) is 3.76. The fraction of sp³-hybridized carbons (Fsp3) is 0.120. The molecule has 0 spiro atoms. The van der Waals surface area contributed by atoms with Crippen LogP contribution in [0.25, 0.3) is 16.2 Å². The molecule has 0 fully saturated rings. The summed E-state index contributed by atoms with van der Waals surface area (Å²) in [6.07, 6.45) is 5.59. The van der Waals surface area contributed by atoms with E-state index in [1.165, 1.54) is 11.3 Å². The number of nitrogens with one attached hydrogen (secondary N) is 2. The number of carbonyl (C=O) groups is 2. The van der Waals surface area contributed by atoms with E-state index in [2.05, 4.69) is 20.7 Å². The number of nitrogens with zero attached hydrogens (tertiary/aromatic N) is 4. The Bertz CT molecular complexity index is 1420. The van der Waals surface area contributed by atoms with Gasteiger partial charge >= 0.3 is 0 Å². The molecule has 2 N–H and O–H groups in total. The molecule has 0 atom stereocenters. The maximum Gasteiger partial charge on any atom is 0.246 e. The zero-order valence-corrected chi connectivity index (χ0v) is 19.0. The van der Waals surface area contributed by atoms with Crippen LogP contribution in [-0.4, -0.2) is 31.0 Å². The zero-order valence-electron chi connectivity index (χ0n) is 18.2. The van der Waals surface area contributed by atoms with E-state index in [1.807, 2.05) is 70.6 Å². The van der Waals surface area contributed by atoms with Crippen molar-refractivity contribution in [2.24, 2.45) is 0 Å². The molecule has 34 heavy (non-hydrogen) atoms. The Labute approximate surface area is 199 Å². The molecule has 5 aromatic rings. The van der Waals surface area contributed by atoms with Crippen LogP contribution in [0.5, 0.6) is 0 Å². The van der Waals surface area contributed by atoms with E-state index >= 15 is 0 Å². The summed E-state index contributed by atoms with van der Waals surface area (Å²) in [5, 5.41) is 11.8. The second-order valence-electron chi connectivity index (χ2n) is 7.78. The average molecular weight is 471 g/mol. The molecule has 0 unspecified atom stereocenters. The molecule has 0 saturated heterocycles. The van der Waals surface area contributed by atoms with Gasteiger partial charge in [0.1, 0.15) is 6.54 Å². The summed E-state index contributed by atoms with van der Waals surface area (Å²) < 4.78 is 3.53. The molecule has 0 aliphatic heterocycles. The van der Waals surface area contributed by atoms with Crippen molar-refractivity contribution in [2.45, 2.75) is 19.5 Å². The fourth-order valence-corrected chi connectivity index (χ4v) is 4.51. The Kier molecular flexibility index (Phi) is 6.17. The molecule has 3 aromatic heterocycles. The van der Waals surface area contributed by atoms with Crippen LogP contribution in [0.1, 0.15) is 11.3 Å². The van der Waals surface area contributed by atoms with Crippen LogP contribution < -0.4 is 10.6 Å². The lowest BCUT2D eigenvalue weighted by atomic mass is 10.2. The number of anilines is 1. The second kappa shape index (κ2) is 9.72. The number of fused-ring (bicyclic) bond motifs is 1. The normalized spacial score (nSPS) is 10.9. The van der Waals surface area contributed by atoms with Gasteiger partial charge < -0.3 is 10.6 Å². The molecular weight excluding hydrogens is 448 g/mol. The van der Waals surface area contributed by atoms with Gasteiger partial charge in [-0.05, 0) is 23.8 Å². The SMILES string of the molecule is O=C(Cc1csc2nc(-c3ccccc3)cn12)NCc1cccc(NC(=O)Cn2cccn2)c1. The number of hydrogen-bond donors (Lipinski definition) is 2. The fourth-order valence-electron chi connectivity index (χ4n) is 3.63. The van der Waals surface area contributed by atoms with E-state index in [0.29, 0.717) is 12.2 Å². The summed E-state index contributed by atoms with van der Waals surface area (Å²) in [4.78, 5) is 30.3. The van der Waals surface area contributed by atoms with Gasteiger partial charge in [0, 0.05) is 47.5 Å². The molecule has 170 valence electrons. The minimum absolute atomic E-state index is 0.0808. The molecule has 0 radical (unpaired) electrons. The topological polar surface area (TPSA) is 93.3 Å². The number of benzene rings is 2. The van der Waals surface area contributed by atoms with Gasteiger partial charge in [0.15, 0.2) is 4.96 Å². The molecule has 8 nitrogen and oxygen atoms in total. The Hall–Kier alpha value is -4.24. The molecule has 0 aliphatic rings. The highest BCUT2D eigenvalue weighted by molar-refractivity contribution is 7.15. The van der Waals surface area contributed by atoms with Crippen LogP contribution in [0.4, 0.5) is 5.69 Å². The molecule has 0 aliphatic carbocycles. The molecule has 5 rings (SSSR count). The number of carbonyl (C=O) groups excluding carboxylic acids is 2. The number of thiazole rings is 1. The number of hydrogen-bond acceptors (Lipinski definition) is 5. The largest absolute Gasteiger partial charge is 0.352 e. The van der Waals surface area contributed by atoms with E-state index in [4.69, 9.17) is 0 Å². The van der Waals surface area contributed by atoms with Crippen LogP contribution >= 0.6 is 11.3 Å². The molecule has 0 bridgehead atoms. The molecule has 3 heterocycles.